The van der Waals surface area contributed by atoms with Crippen LogP contribution < -0.4 is 5.73 Å². The van der Waals surface area contributed by atoms with E-state index in [1.54, 1.807) is 6.20 Å². The fraction of sp³-hybridized carbons (Fsp3) is 0.308. The Labute approximate surface area is 94.9 Å². The van der Waals surface area contributed by atoms with Crippen molar-refractivity contribution in [2.24, 2.45) is 0 Å². The Balaban J connectivity index is 2.16. The molecule has 0 unspecified atom stereocenters. The minimum Gasteiger partial charge on any atom is -0.396 e. The molecule has 0 aliphatic heterocycles. The molecule has 0 spiro atoms. The minimum absolute atomic E-state index is 0.613. The zero-order chi connectivity index (χ0) is 11.1. The van der Waals surface area contributed by atoms with Crippen molar-refractivity contribution < 1.29 is 0 Å². The molecule has 1 aromatic heterocycles. The first-order valence-electron chi connectivity index (χ1n) is 5.67. The predicted molar refractivity (Wildman–Crippen MR) is 64.7 cm³/mol. The van der Waals surface area contributed by atoms with Gasteiger partial charge in [0.1, 0.15) is 0 Å². The third kappa shape index (κ3) is 1.40. The van der Waals surface area contributed by atoms with Gasteiger partial charge in [0.2, 0.25) is 0 Å². The summed E-state index contributed by atoms with van der Waals surface area (Å²) in [5.74, 6) is 0.613. The van der Waals surface area contributed by atoms with Gasteiger partial charge in [-0.15, -0.1) is 0 Å². The zero-order valence-corrected chi connectivity index (χ0v) is 9.35. The number of nitrogen functional groups attached to an aromatic ring is 1. The SMILES string of the molecule is Cc1ccccc1-n1ncc(N)c1C1CC1. The van der Waals surface area contributed by atoms with Crippen molar-refractivity contribution in [2.45, 2.75) is 25.7 Å². The molecule has 3 heteroatoms. The Hall–Kier alpha value is -1.77. The molecule has 0 radical (unpaired) electrons. The van der Waals surface area contributed by atoms with Gasteiger partial charge < -0.3 is 5.73 Å². The molecule has 1 heterocycles. The molecule has 1 saturated carbocycles. The van der Waals surface area contributed by atoms with Crippen molar-refractivity contribution in [2.75, 3.05) is 5.73 Å². The van der Waals surface area contributed by atoms with Crippen LogP contribution in [0.25, 0.3) is 5.69 Å². The summed E-state index contributed by atoms with van der Waals surface area (Å²) in [5, 5.41) is 4.40. The molecule has 16 heavy (non-hydrogen) atoms. The Morgan fingerprint density at radius 3 is 2.75 bits per heavy atom. The normalized spacial score (nSPS) is 15.3. The van der Waals surface area contributed by atoms with Crippen LogP contribution in [0.2, 0.25) is 0 Å². The molecule has 3 rings (SSSR count). The lowest BCUT2D eigenvalue weighted by molar-refractivity contribution is 0.804. The molecule has 0 amide bonds. The fourth-order valence-corrected chi connectivity index (χ4v) is 2.13. The fourth-order valence-electron chi connectivity index (χ4n) is 2.13. The lowest BCUT2D eigenvalue weighted by Gasteiger charge is -2.09. The van der Waals surface area contributed by atoms with Crippen LogP contribution in [0.15, 0.2) is 30.5 Å². The maximum Gasteiger partial charge on any atom is 0.0740 e. The maximum absolute atomic E-state index is 5.99. The van der Waals surface area contributed by atoms with E-state index in [2.05, 4.69) is 24.2 Å². The Bertz CT molecular complexity index is 524. The van der Waals surface area contributed by atoms with Gasteiger partial charge in [0.25, 0.3) is 0 Å². The number of aromatic nitrogens is 2. The van der Waals surface area contributed by atoms with Crippen LogP contribution in [0, 0.1) is 6.92 Å². The molecular formula is C13H15N3. The summed E-state index contributed by atoms with van der Waals surface area (Å²) in [6, 6.07) is 8.27. The molecule has 2 aromatic rings. The second kappa shape index (κ2) is 3.37. The van der Waals surface area contributed by atoms with Gasteiger partial charge in [0.05, 0.1) is 23.3 Å². The van der Waals surface area contributed by atoms with Crippen LogP contribution in [0.5, 0.6) is 0 Å². The molecule has 0 bridgehead atoms. The van der Waals surface area contributed by atoms with Crippen molar-refractivity contribution in [1.29, 1.82) is 0 Å². The molecule has 2 N–H and O–H groups in total. The number of rotatable bonds is 2. The van der Waals surface area contributed by atoms with E-state index < -0.39 is 0 Å². The number of para-hydroxylation sites is 1. The van der Waals surface area contributed by atoms with Crippen molar-refractivity contribution >= 4 is 5.69 Å². The largest absolute Gasteiger partial charge is 0.396 e. The van der Waals surface area contributed by atoms with Gasteiger partial charge in [-0.3, -0.25) is 0 Å². The van der Waals surface area contributed by atoms with Gasteiger partial charge in [0, 0.05) is 5.92 Å². The quantitative estimate of drug-likeness (QED) is 0.833. The average Bonchev–Trinajstić information content (AvgIpc) is 3.04. The van der Waals surface area contributed by atoms with Gasteiger partial charge in [-0.1, -0.05) is 18.2 Å². The smallest absolute Gasteiger partial charge is 0.0740 e. The molecular weight excluding hydrogens is 198 g/mol. The number of aryl methyl sites for hydroxylation is 1. The van der Waals surface area contributed by atoms with E-state index in [1.165, 1.54) is 24.1 Å². The van der Waals surface area contributed by atoms with E-state index in [1.807, 2.05) is 16.8 Å². The van der Waals surface area contributed by atoms with Crippen LogP contribution in [0.3, 0.4) is 0 Å². The summed E-state index contributed by atoms with van der Waals surface area (Å²) < 4.78 is 2.00. The summed E-state index contributed by atoms with van der Waals surface area (Å²) in [6.45, 7) is 2.10. The molecule has 3 nitrogen and oxygen atoms in total. The average molecular weight is 213 g/mol. The molecule has 82 valence electrons. The van der Waals surface area contributed by atoms with Crippen LogP contribution in [0.4, 0.5) is 5.69 Å². The van der Waals surface area contributed by atoms with Crippen LogP contribution in [0.1, 0.15) is 30.0 Å². The van der Waals surface area contributed by atoms with E-state index in [0.717, 1.165) is 11.4 Å². The lowest BCUT2D eigenvalue weighted by Crippen LogP contribution is -2.04. The number of nitrogens with two attached hydrogens (primary N) is 1. The maximum atomic E-state index is 5.99. The number of hydrogen-bond acceptors (Lipinski definition) is 2. The van der Waals surface area contributed by atoms with Gasteiger partial charge in [0.15, 0.2) is 0 Å². The molecule has 0 atom stereocenters. The Kier molecular flexibility index (Phi) is 1.99. The summed E-state index contributed by atoms with van der Waals surface area (Å²) in [6.07, 6.45) is 4.24. The van der Waals surface area contributed by atoms with Crippen LogP contribution in [-0.4, -0.2) is 9.78 Å². The van der Waals surface area contributed by atoms with Gasteiger partial charge in [-0.25, -0.2) is 4.68 Å². The third-order valence-electron chi connectivity index (χ3n) is 3.14. The summed E-state index contributed by atoms with van der Waals surface area (Å²) in [4.78, 5) is 0. The summed E-state index contributed by atoms with van der Waals surface area (Å²) in [7, 11) is 0. The topological polar surface area (TPSA) is 43.8 Å². The highest BCUT2D eigenvalue weighted by molar-refractivity contribution is 5.51. The van der Waals surface area contributed by atoms with Crippen molar-refractivity contribution in [1.82, 2.24) is 9.78 Å². The van der Waals surface area contributed by atoms with Gasteiger partial charge in [-0.05, 0) is 31.4 Å². The first kappa shape index (κ1) is 9.46. The molecule has 1 aromatic carbocycles. The number of hydrogen-bond donors (Lipinski definition) is 1. The van der Waals surface area contributed by atoms with Gasteiger partial charge >= 0.3 is 0 Å². The predicted octanol–water partition coefficient (Wildman–Crippen LogP) is 2.64. The van der Waals surface area contributed by atoms with Crippen molar-refractivity contribution in [3.05, 3.63) is 41.7 Å². The van der Waals surface area contributed by atoms with E-state index in [-0.39, 0.29) is 0 Å². The van der Waals surface area contributed by atoms with E-state index in [4.69, 9.17) is 5.73 Å². The number of benzene rings is 1. The van der Waals surface area contributed by atoms with E-state index >= 15 is 0 Å². The van der Waals surface area contributed by atoms with Crippen LogP contribution in [-0.2, 0) is 0 Å². The van der Waals surface area contributed by atoms with Crippen molar-refractivity contribution in [3.8, 4) is 5.69 Å². The minimum atomic E-state index is 0.613. The second-order valence-electron chi connectivity index (χ2n) is 4.46. The summed E-state index contributed by atoms with van der Waals surface area (Å²) in [5.41, 5.74) is 10.4. The third-order valence-corrected chi connectivity index (χ3v) is 3.14. The Morgan fingerprint density at radius 1 is 1.31 bits per heavy atom. The van der Waals surface area contributed by atoms with Crippen molar-refractivity contribution in [3.63, 3.8) is 0 Å². The standard InChI is InChI=1S/C13H15N3/c1-9-4-2-3-5-12(9)16-13(10-6-7-10)11(14)8-15-16/h2-5,8,10H,6-7,14H2,1H3. The molecule has 1 aliphatic carbocycles. The highest BCUT2D eigenvalue weighted by atomic mass is 15.3. The first-order valence-corrected chi connectivity index (χ1v) is 5.67. The van der Waals surface area contributed by atoms with E-state index in [9.17, 15) is 0 Å². The molecule has 0 saturated heterocycles. The zero-order valence-electron chi connectivity index (χ0n) is 9.35. The molecule has 1 fully saturated rings. The highest BCUT2D eigenvalue weighted by Gasteiger charge is 2.30. The second-order valence-corrected chi connectivity index (χ2v) is 4.46. The number of anilines is 1. The lowest BCUT2D eigenvalue weighted by atomic mass is 10.2. The first-order chi connectivity index (χ1) is 7.77. The van der Waals surface area contributed by atoms with Gasteiger partial charge in [-0.2, -0.15) is 5.10 Å². The molecule has 1 aliphatic rings. The van der Waals surface area contributed by atoms with E-state index in [0.29, 0.717) is 5.92 Å². The monoisotopic (exact) mass is 213 g/mol. The highest BCUT2D eigenvalue weighted by Crippen LogP contribution is 2.43. The summed E-state index contributed by atoms with van der Waals surface area (Å²) >= 11 is 0. The van der Waals surface area contributed by atoms with Crippen LogP contribution >= 0.6 is 0 Å². The number of nitrogens with zero attached hydrogens (tertiary/aromatic N) is 2. The Morgan fingerprint density at radius 2 is 2.06 bits per heavy atom.